The van der Waals surface area contributed by atoms with E-state index in [1.807, 2.05) is 12.1 Å². The molecule has 0 fully saturated rings. The van der Waals surface area contributed by atoms with Gasteiger partial charge in [0.1, 0.15) is 0 Å². The van der Waals surface area contributed by atoms with E-state index in [1.54, 1.807) is 10.7 Å². The van der Waals surface area contributed by atoms with Crippen molar-refractivity contribution in [3.05, 3.63) is 18.2 Å². The van der Waals surface area contributed by atoms with Gasteiger partial charge in [-0.15, -0.1) is 5.10 Å². The number of rotatable bonds is 6. The van der Waals surface area contributed by atoms with Crippen molar-refractivity contribution in [3.63, 3.8) is 0 Å². The summed E-state index contributed by atoms with van der Waals surface area (Å²) in [5, 5.41) is 11.8. The standard InChI is InChI=1S/C13H20N6/c1-2-3-4-5-8-19-13(16-17-18-19)11-7-6-10(14)9-12(11)15/h6-7,9H,2-5,8,14-15H2,1H3. The summed E-state index contributed by atoms with van der Waals surface area (Å²) in [6.07, 6.45) is 4.71. The number of hydrogen-bond acceptors (Lipinski definition) is 5. The zero-order chi connectivity index (χ0) is 13.7. The highest BCUT2D eigenvalue weighted by Crippen LogP contribution is 2.25. The van der Waals surface area contributed by atoms with Crippen molar-refractivity contribution in [2.24, 2.45) is 0 Å². The van der Waals surface area contributed by atoms with Gasteiger partial charge in [0.15, 0.2) is 5.82 Å². The summed E-state index contributed by atoms with van der Waals surface area (Å²) in [5.41, 5.74) is 13.7. The Morgan fingerprint density at radius 1 is 1.16 bits per heavy atom. The van der Waals surface area contributed by atoms with Gasteiger partial charge in [-0.25, -0.2) is 4.68 Å². The van der Waals surface area contributed by atoms with Crippen LogP contribution in [0, 0.1) is 0 Å². The lowest BCUT2D eigenvalue weighted by molar-refractivity contribution is 0.531. The summed E-state index contributed by atoms with van der Waals surface area (Å²) < 4.78 is 1.80. The predicted molar refractivity (Wildman–Crippen MR) is 76.2 cm³/mol. The minimum atomic E-state index is 0.601. The molecule has 6 heteroatoms. The molecule has 0 aliphatic heterocycles. The summed E-state index contributed by atoms with van der Waals surface area (Å²) >= 11 is 0. The maximum absolute atomic E-state index is 5.97. The zero-order valence-electron chi connectivity index (χ0n) is 11.2. The molecule has 1 heterocycles. The maximum atomic E-state index is 5.97. The SMILES string of the molecule is CCCCCCn1nnnc1-c1ccc(N)cc1N. The molecule has 0 spiro atoms. The average molecular weight is 260 g/mol. The van der Waals surface area contributed by atoms with Crippen molar-refractivity contribution >= 4 is 11.4 Å². The Balaban J connectivity index is 2.14. The third-order valence-electron chi connectivity index (χ3n) is 3.07. The smallest absolute Gasteiger partial charge is 0.184 e. The highest BCUT2D eigenvalue weighted by atomic mass is 15.5. The average Bonchev–Trinajstić information content (AvgIpc) is 2.83. The number of tetrazole rings is 1. The van der Waals surface area contributed by atoms with E-state index in [0.717, 1.165) is 18.5 Å². The zero-order valence-corrected chi connectivity index (χ0v) is 11.2. The fraction of sp³-hybridized carbons (Fsp3) is 0.462. The van der Waals surface area contributed by atoms with Crippen LogP contribution in [-0.2, 0) is 6.54 Å². The number of nitrogens with two attached hydrogens (primary N) is 2. The molecule has 0 radical (unpaired) electrons. The third kappa shape index (κ3) is 3.21. The monoisotopic (exact) mass is 260 g/mol. The Kier molecular flexibility index (Phi) is 4.33. The first-order valence-electron chi connectivity index (χ1n) is 6.64. The molecule has 1 aromatic carbocycles. The molecule has 19 heavy (non-hydrogen) atoms. The van der Waals surface area contributed by atoms with Gasteiger partial charge in [0, 0.05) is 23.5 Å². The summed E-state index contributed by atoms with van der Waals surface area (Å²) in [5.74, 6) is 0.703. The van der Waals surface area contributed by atoms with Gasteiger partial charge in [-0.05, 0) is 35.0 Å². The van der Waals surface area contributed by atoms with Crippen LogP contribution in [0.2, 0.25) is 0 Å². The molecule has 0 unspecified atom stereocenters. The molecule has 0 saturated heterocycles. The van der Waals surface area contributed by atoms with Crippen molar-refractivity contribution in [1.29, 1.82) is 0 Å². The highest BCUT2D eigenvalue weighted by molar-refractivity contribution is 5.74. The summed E-state index contributed by atoms with van der Waals surface area (Å²) in [7, 11) is 0. The maximum Gasteiger partial charge on any atom is 0.184 e. The first-order valence-corrected chi connectivity index (χ1v) is 6.64. The molecule has 0 atom stereocenters. The van der Waals surface area contributed by atoms with E-state index in [4.69, 9.17) is 11.5 Å². The van der Waals surface area contributed by atoms with Crippen LogP contribution >= 0.6 is 0 Å². The van der Waals surface area contributed by atoms with Crippen LogP contribution in [-0.4, -0.2) is 20.2 Å². The number of hydrogen-bond donors (Lipinski definition) is 2. The van der Waals surface area contributed by atoms with Gasteiger partial charge >= 0.3 is 0 Å². The van der Waals surface area contributed by atoms with Gasteiger partial charge in [0.05, 0.1) is 0 Å². The molecule has 0 aliphatic carbocycles. The molecular weight excluding hydrogens is 240 g/mol. The van der Waals surface area contributed by atoms with Crippen LogP contribution in [0.3, 0.4) is 0 Å². The number of nitrogen functional groups attached to an aromatic ring is 2. The number of unbranched alkanes of at least 4 members (excludes halogenated alkanes) is 3. The van der Waals surface area contributed by atoms with E-state index >= 15 is 0 Å². The Bertz CT molecular complexity index is 534. The van der Waals surface area contributed by atoms with E-state index in [1.165, 1.54) is 19.3 Å². The van der Waals surface area contributed by atoms with Gasteiger partial charge in [-0.2, -0.15) is 0 Å². The van der Waals surface area contributed by atoms with E-state index in [0.29, 0.717) is 17.2 Å². The molecule has 0 saturated carbocycles. The first-order chi connectivity index (χ1) is 9.22. The number of nitrogens with zero attached hydrogens (tertiary/aromatic N) is 4. The molecule has 2 aromatic rings. The minimum Gasteiger partial charge on any atom is -0.399 e. The number of aromatic nitrogens is 4. The molecule has 0 aliphatic rings. The van der Waals surface area contributed by atoms with Crippen LogP contribution in [0.5, 0.6) is 0 Å². The molecule has 2 rings (SSSR count). The first kappa shape index (κ1) is 13.3. The van der Waals surface area contributed by atoms with Crippen molar-refractivity contribution in [3.8, 4) is 11.4 Å². The molecule has 102 valence electrons. The number of benzene rings is 1. The van der Waals surface area contributed by atoms with Gasteiger partial charge in [-0.3, -0.25) is 0 Å². The van der Waals surface area contributed by atoms with Gasteiger partial charge in [0.2, 0.25) is 0 Å². The summed E-state index contributed by atoms with van der Waals surface area (Å²) in [6, 6.07) is 5.39. The second-order valence-corrected chi connectivity index (χ2v) is 4.63. The number of anilines is 2. The lowest BCUT2D eigenvalue weighted by Gasteiger charge is -2.07. The Morgan fingerprint density at radius 3 is 2.74 bits per heavy atom. The molecular formula is C13H20N6. The topological polar surface area (TPSA) is 95.6 Å². The quantitative estimate of drug-likeness (QED) is 0.612. The summed E-state index contributed by atoms with van der Waals surface area (Å²) in [4.78, 5) is 0. The van der Waals surface area contributed by atoms with Gasteiger partial charge in [0.25, 0.3) is 0 Å². The molecule has 0 amide bonds. The van der Waals surface area contributed by atoms with Crippen LogP contribution in [0.25, 0.3) is 11.4 Å². The van der Waals surface area contributed by atoms with E-state index in [2.05, 4.69) is 22.4 Å². The Morgan fingerprint density at radius 2 is 2.00 bits per heavy atom. The van der Waals surface area contributed by atoms with Crippen LogP contribution in [0.4, 0.5) is 11.4 Å². The molecule has 4 N–H and O–H groups in total. The summed E-state index contributed by atoms with van der Waals surface area (Å²) in [6.45, 7) is 3.00. The van der Waals surface area contributed by atoms with Crippen molar-refractivity contribution < 1.29 is 0 Å². The predicted octanol–water partition coefficient (Wildman–Crippen LogP) is 2.08. The fourth-order valence-electron chi connectivity index (χ4n) is 2.02. The van der Waals surface area contributed by atoms with Crippen LogP contribution in [0.15, 0.2) is 18.2 Å². The van der Waals surface area contributed by atoms with E-state index < -0.39 is 0 Å². The third-order valence-corrected chi connectivity index (χ3v) is 3.07. The van der Waals surface area contributed by atoms with Gasteiger partial charge < -0.3 is 11.5 Å². The highest BCUT2D eigenvalue weighted by Gasteiger charge is 2.11. The molecule has 0 bridgehead atoms. The Labute approximate surface area is 112 Å². The Hall–Kier alpha value is -2.11. The van der Waals surface area contributed by atoms with Gasteiger partial charge in [-0.1, -0.05) is 26.2 Å². The van der Waals surface area contributed by atoms with E-state index in [-0.39, 0.29) is 0 Å². The normalized spacial score (nSPS) is 10.8. The van der Waals surface area contributed by atoms with Crippen LogP contribution < -0.4 is 11.5 Å². The molecule has 6 nitrogen and oxygen atoms in total. The van der Waals surface area contributed by atoms with Crippen molar-refractivity contribution in [2.75, 3.05) is 11.5 Å². The second kappa shape index (κ2) is 6.17. The lowest BCUT2D eigenvalue weighted by Crippen LogP contribution is -2.04. The largest absolute Gasteiger partial charge is 0.399 e. The number of aryl methyl sites for hydroxylation is 1. The van der Waals surface area contributed by atoms with E-state index in [9.17, 15) is 0 Å². The van der Waals surface area contributed by atoms with Crippen LogP contribution in [0.1, 0.15) is 32.6 Å². The van der Waals surface area contributed by atoms with Crippen molar-refractivity contribution in [1.82, 2.24) is 20.2 Å². The fourth-order valence-corrected chi connectivity index (χ4v) is 2.02. The van der Waals surface area contributed by atoms with Crippen molar-refractivity contribution in [2.45, 2.75) is 39.2 Å². The second-order valence-electron chi connectivity index (χ2n) is 4.63. The molecule has 1 aromatic heterocycles. The minimum absolute atomic E-state index is 0.601. The lowest BCUT2D eigenvalue weighted by atomic mass is 10.1.